The minimum absolute atomic E-state index is 0. The van der Waals surface area contributed by atoms with Crippen LogP contribution in [0.2, 0.25) is 0 Å². The van der Waals surface area contributed by atoms with Gasteiger partial charge in [-0.2, -0.15) is 5.10 Å². The van der Waals surface area contributed by atoms with Gasteiger partial charge in [-0.15, -0.1) is 24.0 Å². The van der Waals surface area contributed by atoms with Crippen molar-refractivity contribution in [3.05, 3.63) is 53.9 Å². The molecule has 0 saturated carbocycles. The average molecular weight is 457 g/mol. The van der Waals surface area contributed by atoms with E-state index in [2.05, 4.69) is 20.7 Å². The van der Waals surface area contributed by atoms with Gasteiger partial charge in [0.05, 0.1) is 12.8 Å². The number of guanidine groups is 1. The van der Waals surface area contributed by atoms with Gasteiger partial charge < -0.3 is 15.7 Å². The number of aromatic nitrogens is 2. The zero-order valence-corrected chi connectivity index (χ0v) is 17.2. The van der Waals surface area contributed by atoms with E-state index in [4.69, 9.17) is 0 Å². The molecule has 2 rings (SSSR count). The molecule has 138 valence electrons. The lowest BCUT2D eigenvalue weighted by Gasteiger charge is -2.18. The van der Waals surface area contributed by atoms with Gasteiger partial charge in [-0.25, -0.2) is 0 Å². The molecule has 0 radical (unpaired) electrons. The van der Waals surface area contributed by atoms with Crippen LogP contribution in [0.1, 0.15) is 23.5 Å². The molecule has 1 aromatic heterocycles. The van der Waals surface area contributed by atoms with Gasteiger partial charge in [0.25, 0.3) is 0 Å². The Kier molecular flexibility index (Phi) is 10.2. The molecule has 3 N–H and O–H groups in total. The Bertz CT molecular complexity index is 629. The van der Waals surface area contributed by atoms with E-state index in [1.54, 1.807) is 7.05 Å². The number of halogens is 1. The molecular weight excluding hydrogens is 429 g/mol. The van der Waals surface area contributed by atoms with Crippen molar-refractivity contribution in [1.82, 2.24) is 20.4 Å². The van der Waals surface area contributed by atoms with Crippen molar-refractivity contribution < 1.29 is 5.11 Å². The maximum Gasteiger partial charge on any atom is 0.191 e. The van der Waals surface area contributed by atoms with Crippen molar-refractivity contribution in [2.45, 2.75) is 25.8 Å². The second-order valence-corrected chi connectivity index (χ2v) is 5.80. The zero-order chi connectivity index (χ0) is 17.2. The van der Waals surface area contributed by atoms with E-state index in [0.29, 0.717) is 6.54 Å². The molecule has 0 spiro atoms. The van der Waals surface area contributed by atoms with E-state index < -0.39 is 0 Å². The first-order valence-electron chi connectivity index (χ1n) is 8.32. The third-order valence-corrected chi connectivity index (χ3v) is 3.85. The lowest BCUT2D eigenvalue weighted by molar-refractivity contribution is 0.265. The summed E-state index contributed by atoms with van der Waals surface area (Å²) in [5, 5.41) is 20.4. The van der Waals surface area contributed by atoms with Gasteiger partial charge in [0.2, 0.25) is 0 Å². The predicted octanol–water partition coefficient (Wildman–Crippen LogP) is 2.14. The zero-order valence-electron chi connectivity index (χ0n) is 14.9. The van der Waals surface area contributed by atoms with Crippen LogP contribution in [-0.2, 0) is 6.54 Å². The van der Waals surface area contributed by atoms with Crippen molar-refractivity contribution in [2.75, 3.05) is 26.7 Å². The van der Waals surface area contributed by atoms with Crippen LogP contribution in [0.3, 0.4) is 0 Å². The minimum atomic E-state index is 0. The quantitative estimate of drug-likeness (QED) is 0.246. The summed E-state index contributed by atoms with van der Waals surface area (Å²) in [6, 6.07) is 10.0. The molecule has 7 heteroatoms. The van der Waals surface area contributed by atoms with Gasteiger partial charge in [0.15, 0.2) is 5.96 Å². The molecule has 6 nitrogen and oxygen atoms in total. The summed E-state index contributed by atoms with van der Waals surface area (Å²) in [5.74, 6) is 0.804. The van der Waals surface area contributed by atoms with Gasteiger partial charge in [0, 0.05) is 38.8 Å². The largest absolute Gasteiger partial charge is 0.396 e. The predicted molar refractivity (Wildman–Crippen MR) is 113 cm³/mol. The molecule has 0 aliphatic carbocycles. The summed E-state index contributed by atoms with van der Waals surface area (Å²) in [4.78, 5) is 4.23. The highest BCUT2D eigenvalue weighted by Crippen LogP contribution is 2.13. The van der Waals surface area contributed by atoms with Crippen molar-refractivity contribution in [1.29, 1.82) is 0 Å². The third-order valence-electron chi connectivity index (χ3n) is 3.85. The Hall–Kier alpha value is -1.61. The third kappa shape index (κ3) is 7.43. The molecule has 1 aromatic carbocycles. The molecule has 0 aliphatic rings. The number of hydrogen-bond acceptors (Lipinski definition) is 3. The highest BCUT2D eigenvalue weighted by Gasteiger charge is 2.10. The Balaban J connectivity index is 0.00000312. The monoisotopic (exact) mass is 457 g/mol. The van der Waals surface area contributed by atoms with E-state index in [1.807, 2.05) is 54.3 Å². The fourth-order valence-corrected chi connectivity index (χ4v) is 2.49. The summed E-state index contributed by atoms with van der Waals surface area (Å²) in [6.45, 7) is 4.47. The lowest BCUT2D eigenvalue weighted by atomic mass is 10.0. The van der Waals surface area contributed by atoms with E-state index >= 15 is 0 Å². The topological polar surface area (TPSA) is 74.5 Å². The van der Waals surface area contributed by atoms with Crippen LogP contribution in [0.25, 0.3) is 0 Å². The highest BCUT2D eigenvalue weighted by atomic mass is 127. The minimum Gasteiger partial charge on any atom is -0.396 e. The second-order valence-electron chi connectivity index (χ2n) is 5.80. The first kappa shape index (κ1) is 21.4. The molecule has 0 amide bonds. The molecule has 0 saturated heterocycles. The number of aryl methyl sites for hydroxylation is 2. The number of hydrogen-bond donors (Lipinski definition) is 3. The Morgan fingerprint density at radius 2 is 2.04 bits per heavy atom. The van der Waals surface area contributed by atoms with Crippen molar-refractivity contribution in [3.63, 3.8) is 0 Å². The van der Waals surface area contributed by atoms with Crippen molar-refractivity contribution in [3.8, 4) is 0 Å². The number of aliphatic imine (C=N–C) groups is 1. The van der Waals surface area contributed by atoms with Crippen LogP contribution >= 0.6 is 24.0 Å². The fourth-order valence-electron chi connectivity index (χ4n) is 2.49. The van der Waals surface area contributed by atoms with Crippen LogP contribution in [0.15, 0.2) is 47.7 Å². The fraction of sp³-hybridized carbons (Fsp3) is 0.444. The van der Waals surface area contributed by atoms with E-state index in [1.165, 1.54) is 5.56 Å². The number of nitrogens with zero attached hydrogens (tertiary/aromatic N) is 3. The van der Waals surface area contributed by atoms with Crippen molar-refractivity contribution in [2.24, 2.45) is 4.99 Å². The number of benzene rings is 1. The summed E-state index contributed by atoms with van der Waals surface area (Å²) < 4.78 is 1.95. The van der Waals surface area contributed by atoms with Gasteiger partial charge in [-0.05, 0) is 24.5 Å². The summed E-state index contributed by atoms with van der Waals surface area (Å²) in [7, 11) is 1.75. The summed E-state index contributed by atoms with van der Waals surface area (Å²) >= 11 is 0. The SMILES string of the molecule is CN=C(NCCCn1cc(C)cn1)NCC(CO)c1ccccc1.I. The normalized spacial score (nSPS) is 12.4. The molecule has 0 aliphatic heterocycles. The molecule has 0 fully saturated rings. The second kappa shape index (κ2) is 11.9. The summed E-state index contributed by atoms with van der Waals surface area (Å²) in [6.07, 6.45) is 4.87. The Morgan fingerprint density at radius 3 is 2.64 bits per heavy atom. The average Bonchev–Trinajstić information content (AvgIpc) is 3.03. The Morgan fingerprint density at radius 1 is 1.28 bits per heavy atom. The molecule has 25 heavy (non-hydrogen) atoms. The van der Waals surface area contributed by atoms with Crippen LogP contribution in [0, 0.1) is 6.92 Å². The Labute approximate surface area is 166 Å². The van der Waals surface area contributed by atoms with E-state index in [-0.39, 0.29) is 36.5 Å². The smallest absolute Gasteiger partial charge is 0.191 e. The van der Waals surface area contributed by atoms with Crippen LogP contribution in [-0.4, -0.2) is 47.6 Å². The van der Waals surface area contributed by atoms with Gasteiger partial charge in [0.1, 0.15) is 0 Å². The summed E-state index contributed by atoms with van der Waals surface area (Å²) in [5.41, 5.74) is 2.30. The first-order valence-corrected chi connectivity index (χ1v) is 8.32. The molecule has 0 bridgehead atoms. The number of aliphatic hydroxyl groups excluding tert-OH is 1. The van der Waals surface area contributed by atoms with E-state index in [0.717, 1.165) is 31.0 Å². The maximum absolute atomic E-state index is 9.60. The van der Waals surface area contributed by atoms with Gasteiger partial charge >= 0.3 is 0 Å². The van der Waals surface area contributed by atoms with Gasteiger partial charge in [-0.3, -0.25) is 9.67 Å². The number of nitrogens with one attached hydrogen (secondary N) is 2. The lowest BCUT2D eigenvalue weighted by Crippen LogP contribution is -2.40. The molecular formula is C18H28IN5O. The van der Waals surface area contributed by atoms with E-state index in [9.17, 15) is 5.11 Å². The van der Waals surface area contributed by atoms with Crippen LogP contribution < -0.4 is 10.6 Å². The molecule has 1 unspecified atom stereocenters. The molecule has 1 heterocycles. The van der Waals surface area contributed by atoms with Crippen LogP contribution in [0.5, 0.6) is 0 Å². The van der Waals surface area contributed by atoms with Crippen molar-refractivity contribution >= 4 is 29.9 Å². The highest BCUT2D eigenvalue weighted by molar-refractivity contribution is 14.0. The standard InChI is InChI=1S/C18H27N5O.HI/c1-15-11-22-23(13-15)10-6-9-20-18(19-2)21-12-17(14-24)16-7-4-3-5-8-16;/h3-5,7-8,11,13,17,24H,6,9-10,12,14H2,1-2H3,(H2,19,20,21);1H. The molecule has 1 atom stereocenters. The van der Waals surface area contributed by atoms with Crippen LogP contribution in [0.4, 0.5) is 0 Å². The number of rotatable bonds is 8. The first-order chi connectivity index (χ1) is 11.7. The molecule has 2 aromatic rings. The maximum atomic E-state index is 9.60. The number of aliphatic hydroxyl groups is 1. The van der Waals surface area contributed by atoms with Gasteiger partial charge in [-0.1, -0.05) is 30.3 Å².